The van der Waals surface area contributed by atoms with Gasteiger partial charge in [0.2, 0.25) is 10.0 Å². The van der Waals surface area contributed by atoms with E-state index in [0.717, 1.165) is 50.0 Å². The highest BCUT2D eigenvalue weighted by atomic mass is 32.2. The number of piperidine rings is 1. The summed E-state index contributed by atoms with van der Waals surface area (Å²) in [7, 11) is -5.15. The Labute approximate surface area is 220 Å². The van der Waals surface area contributed by atoms with Gasteiger partial charge in [-0.1, -0.05) is 66.7 Å². The summed E-state index contributed by atoms with van der Waals surface area (Å²) in [6, 6.07) is 26.2. The van der Waals surface area contributed by atoms with Crippen LogP contribution in [0.25, 0.3) is 0 Å². The minimum absolute atomic E-state index is 0.0492. The number of sulfonamides is 1. The maximum absolute atomic E-state index is 13.2. The summed E-state index contributed by atoms with van der Waals surface area (Å²) in [5.41, 5.74) is 1.83. The number of hydrogen-bond acceptors (Lipinski definition) is 5. The largest absolute Gasteiger partial charge is 0.303 e. The van der Waals surface area contributed by atoms with E-state index in [1.165, 1.54) is 4.31 Å². The smallest absolute Gasteiger partial charge is 0.242 e. The lowest BCUT2D eigenvalue weighted by atomic mass is 9.74. The Kier molecular flexibility index (Phi) is 7.29. The van der Waals surface area contributed by atoms with E-state index in [4.69, 9.17) is 0 Å². The Morgan fingerprint density at radius 2 is 1.49 bits per heavy atom. The van der Waals surface area contributed by atoms with E-state index in [1.54, 1.807) is 37.4 Å². The van der Waals surface area contributed by atoms with E-state index < -0.39 is 19.9 Å². The number of likely N-dealkylation sites (tertiary alicyclic amines) is 1. The molecular formula is C29H34N2O4S2. The number of fused-ring (bicyclic) bond motifs is 2. The molecule has 0 saturated carbocycles. The summed E-state index contributed by atoms with van der Waals surface area (Å²) in [5.74, 6) is 0.260. The maximum atomic E-state index is 13.2. The zero-order valence-corrected chi connectivity index (χ0v) is 22.8. The summed E-state index contributed by atoms with van der Waals surface area (Å²) < 4.78 is 53.4. The van der Waals surface area contributed by atoms with Crippen LogP contribution in [0.4, 0.5) is 0 Å². The van der Waals surface area contributed by atoms with E-state index in [2.05, 4.69) is 17.0 Å². The molecule has 1 unspecified atom stereocenters. The zero-order valence-electron chi connectivity index (χ0n) is 21.2. The van der Waals surface area contributed by atoms with Crippen molar-refractivity contribution in [2.45, 2.75) is 40.4 Å². The third-order valence-electron chi connectivity index (χ3n) is 8.07. The van der Waals surface area contributed by atoms with Crippen LogP contribution in [-0.2, 0) is 25.3 Å². The Morgan fingerprint density at radius 3 is 2.16 bits per heavy atom. The molecule has 0 aromatic heterocycles. The summed E-state index contributed by atoms with van der Waals surface area (Å²) in [6.07, 6.45) is 2.46. The molecule has 37 heavy (non-hydrogen) atoms. The second kappa shape index (κ2) is 10.3. The van der Waals surface area contributed by atoms with E-state index >= 15 is 0 Å². The number of benzene rings is 3. The molecule has 1 fully saturated rings. The molecule has 0 aliphatic carbocycles. The van der Waals surface area contributed by atoms with Crippen molar-refractivity contribution < 1.29 is 16.8 Å². The van der Waals surface area contributed by atoms with Crippen molar-refractivity contribution in [2.75, 3.05) is 39.0 Å². The molecule has 0 radical (unpaired) electrons. The van der Waals surface area contributed by atoms with Crippen LogP contribution in [0.15, 0.2) is 94.7 Å². The Bertz CT molecular complexity index is 1430. The van der Waals surface area contributed by atoms with Gasteiger partial charge in [-0.05, 0) is 74.1 Å². The molecule has 1 spiro atoms. The average Bonchev–Trinajstić information content (AvgIpc) is 3.14. The van der Waals surface area contributed by atoms with Crippen molar-refractivity contribution in [1.29, 1.82) is 0 Å². The van der Waals surface area contributed by atoms with Crippen LogP contribution < -0.4 is 0 Å². The molecule has 0 N–H and O–H groups in total. The first-order chi connectivity index (χ1) is 17.7. The third-order valence-corrected chi connectivity index (χ3v) is 11.9. The van der Waals surface area contributed by atoms with Crippen molar-refractivity contribution in [1.82, 2.24) is 9.21 Å². The topological polar surface area (TPSA) is 74.8 Å². The highest BCUT2D eigenvalue weighted by Gasteiger charge is 2.48. The van der Waals surface area contributed by atoms with E-state index in [1.807, 2.05) is 42.5 Å². The molecule has 2 aliphatic heterocycles. The van der Waals surface area contributed by atoms with Gasteiger partial charge in [-0.3, -0.25) is 0 Å². The molecule has 196 valence electrons. The first-order valence-electron chi connectivity index (χ1n) is 12.8. The highest BCUT2D eigenvalue weighted by Crippen LogP contribution is 2.46. The van der Waals surface area contributed by atoms with Crippen LogP contribution in [0.3, 0.4) is 0 Å². The monoisotopic (exact) mass is 538 g/mol. The minimum atomic E-state index is -3.58. The van der Waals surface area contributed by atoms with Gasteiger partial charge >= 0.3 is 0 Å². The molecule has 8 heteroatoms. The number of nitrogens with zero attached hydrogens (tertiary/aromatic N) is 2. The Balaban J connectivity index is 1.26. The van der Waals surface area contributed by atoms with Crippen LogP contribution in [0.1, 0.15) is 36.3 Å². The lowest BCUT2D eigenvalue weighted by molar-refractivity contribution is 0.165. The molecule has 2 aliphatic rings. The van der Waals surface area contributed by atoms with Gasteiger partial charge in [-0.2, -0.15) is 0 Å². The van der Waals surface area contributed by atoms with Crippen LogP contribution in [0.2, 0.25) is 0 Å². The number of sulfone groups is 1. The summed E-state index contributed by atoms with van der Waals surface area (Å²) in [6.45, 7) is 2.90. The second-order valence-electron chi connectivity index (χ2n) is 10.4. The number of rotatable bonds is 8. The van der Waals surface area contributed by atoms with E-state index in [0.29, 0.717) is 16.3 Å². The molecular weight excluding hydrogens is 504 g/mol. The van der Waals surface area contributed by atoms with Crippen LogP contribution in [0.5, 0.6) is 0 Å². The van der Waals surface area contributed by atoms with Gasteiger partial charge in [0.25, 0.3) is 0 Å². The zero-order chi connectivity index (χ0) is 26.1. The number of hydrogen-bond donors (Lipinski definition) is 0. The lowest BCUT2D eigenvalue weighted by Gasteiger charge is -2.39. The highest BCUT2D eigenvalue weighted by molar-refractivity contribution is 7.91. The first kappa shape index (κ1) is 26.1. The van der Waals surface area contributed by atoms with Crippen molar-refractivity contribution >= 4 is 19.9 Å². The fraction of sp³-hybridized carbons (Fsp3) is 0.379. The van der Waals surface area contributed by atoms with E-state index in [9.17, 15) is 16.8 Å². The normalized spacial score (nSPS) is 19.6. The molecule has 1 atom stereocenters. The summed E-state index contributed by atoms with van der Waals surface area (Å²) in [4.78, 5) is 3.22. The molecule has 0 amide bonds. The molecule has 1 saturated heterocycles. The van der Waals surface area contributed by atoms with Crippen LogP contribution >= 0.6 is 0 Å². The molecule has 0 bridgehead atoms. The standard InChI is InChI=1S/C29H34N2O4S2/c1-30(37(34,35)26-12-6-3-7-13-26)22-25(24-10-4-2-5-11-24)16-19-31-20-17-29(18-21-31)23-36(32,33)28-15-9-8-14-27(28)29/h2-15,25H,16-23H2,1H3. The van der Waals surface area contributed by atoms with Gasteiger partial charge in [0, 0.05) is 19.0 Å². The Hall–Kier alpha value is -2.52. The quantitative estimate of drug-likeness (QED) is 0.428. The Morgan fingerprint density at radius 1 is 0.892 bits per heavy atom. The minimum Gasteiger partial charge on any atom is -0.303 e. The van der Waals surface area contributed by atoms with Gasteiger partial charge in [-0.25, -0.2) is 21.1 Å². The molecule has 2 heterocycles. The lowest BCUT2D eigenvalue weighted by Crippen LogP contribution is -2.44. The van der Waals surface area contributed by atoms with Crippen molar-refractivity contribution in [3.8, 4) is 0 Å². The predicted molar refractivity (Wildman–Crippen MR) is 146 cm³/mol. The maximum Gasteiger partial charge on any atom is 0.242 e. The molecule has 3 aromatic carbocycles. The molecule has 5 rings (SSSR count). The van der Waals surface area contributed by atoms with Crippen molar-refractivity contribution in [3.05, 3.63) is 96.1 Å². The van der Waals surface area contributed by atoms with Crippen molar-refractivity contribution in [2.24, 2.45) is 0 Å². The van der Waals surface area contributed by atoms with Gasteiger partial charge in [0.1, 0.15) is 0 Å². The fourth-order valence-electron chi connectivity index (χ4n) is 5.92. The first-order valence-corrected chi connectivity index (χ1v) is 15.9. The average molecular weight is 539 g/mol. The predicted octanol–water partition coefficient (Wildman–Crippen LogP) is 4.30. The van der Waals surface area contributed by atoms with Gasteiger partial charge < -0.3 is 4.90 Å². The van der Waals surface area contributed by atoms with Gasteiger partial charge in [0.05, 0.1) is 15.5 Å². The van der Waals surface area contributed by atoms with Gasteiger partial charge in [0.15, 0.2) is 9.84 Å². The summed E-state index contributed by atoms with van der Waals surface area (Å²) >= 11 is 0. The molecule has 3 aromatic rings. The number of likely N-dealkylation sites (N-methyl/N-ethyl adjacent to an activating group) is 1. The molecule has 6 nitrogen and oxygen atoms in total. The summed E-state index contributed by atoms with van der Waals surface area (Å²) in [5, 5.41) is 0. The third kappa shape index (κ3) is 5.25. The van der Waals surface area contributed by atoms with Crippen LogP contribution in [-0.4, -0.2) is 65.0 Å². The van der Waals surface area contributed by atoms with Gasteiger partial charge in [-0.15, -0.1) is 0 Å². The van der Waals surface area contributed by atoms with Crippen LogP contribution in [0, 0.1) is 0 Å². The fourth-order valence-corrected chi connectivity index (χ4v) is 9.39. The van der Waals surface area contributed by atoms with Crippen molar-refractivity contribution in [3.63, 3.8) is 0 Å². The SMILES string of the molecule is CN(CC(CCN1CCC2(CC1)CS(=O)(=O)c1ccccc12)c1ccccc1)S(=O)(=O)c1ccccc1. The second-order valence-corrected chi connectivity index (χ2v) is 14.4. The van der Waals surface area contributed by atoms with E-state index in [-0.39, 0.29) is 17.1 Å².